The van der Waals surface area contributed by atoms with Gasteiger partial charge in [-0.25, -0.2) is 0 Å². The Morgan fingerprint density at radius 1 is 0.968 bits per heavy atom. The number of nitrogens with two attached hydrogens (primary N) is 1. The Hall–Kier alpha value is -3.57. The van der Waals surface area contributed by atoms with Gasteiger partial charge in [0.05, 0.1) is 13.0 Å². The summed E-state index contributed by atoms with van der Waals surface area (Å²) in [6.07, 6.45) is 0.182. The third kappa shape index (κ3) is 4.78. The van der Waals surface area contributed by atoms with Crippen molar-refractivity contribution in [3.63, 3.8) is 0 Å². The van der Waals surface area contributed by atoms with Crippen LogP contribution < -0.4 is 10.5 Å². The minimum Gasteiger partial charge on any atom is -0.489 e. The second kappa shape index (κ2) is 9.49. The van der Waals surface area contributed by atoms with Crippen LogP contribution in [0.25, 0.3) is 22.3 Å². The van der Waals surface area contributed by atoms with Crippen LogP contribution in [0.5, 0.6) is 5.75 Å². The standard InChI is InChI=1S/C26H25NO4/c1-2-29-26(28)14-20-8-3-4-11-23(20)30-17-21-10-6-12-24-22(21)15-25(31-24)19-9-5-7-18(13-19)16-27/h3-13,15H,2,14,16-17,27H2,1H3. The molecule has 0 aliphatic rings. The van der Waals surface area contributed by atoms with Crippen LogP contribution in [0, 0.1) is 0 Å². The van der Waals surface area contributed by atoms with E-state index in [1.54, 1.807) is 6.92 Å². The largest absolute Gasteiger partial charge is 0.489 e. The highest BCUT2D eigenvalue weighted by Crippen LogP contribution is 2.31. The van der Waals surface area contributed by atoms with Crippen molar-refractivity contribution < 1.29 is 18.7 Å². The molecule has 0 amide bonds. The molecule has 31 heavy (non-hydrogen) atoms. The van der Waals surface area contributed by atoms with Gasteiger partial charge in [0.15, 0.2) is 0 Å². The van der Waals surface area contributed by atoms with Crippen LogP contribution >= 0.6 is 0 Å². The summed E-state index contributed by atoms with van der Waals surface area (Å²) in [4.78, 5) is 11.9. The molecular formula is C26H25NO4. The molecule has 0 saturated heterocycles. The van der Waals surface area contributed by atoms with Crippen LogP contribution in [0.3, 0.4) is 0 Å². The summed E-state index contributed by atoms with van der Waals surface area (Å²) in [5, 5.41) is 0.999. The van der Waals surface area contributed by atoms with E-state index in [-0.39, 0.29) is 12.4 Å². The summed E-state index contributed by atoms with van der Waals surface area (Å²) >= 11 is 0. The predicted octanol–water partition coefficient (Wildman–Crippen LogP) is 5.24. The van der Waals surface area contributed by atoms with Crippen LogP contribution in [-0.2, 0) is 29.1 Å². The molecule has 0 bridgehead atoms. The number of para-hydroxylation sites is 1. The summed E-state index contributed by atoms with van der Waals surface area (Å²) in [5.74, 6) is 1.20. The molecule has 0 unspecified atom stereocenters. The molecule has 2 N–H and O–H groups in total. The average molecular weight is 415 g/mol. The predicted molar refractivity (Wildman–Crippen MR) is 121 cm³/mol. The first-order chi connectivity index (χ1) is 15.2. The van der Waals surface area contributed by atoms with Gasteiger partial charge in [-0.1, -0.05) is 48.5 Å². The molecule has 0 saturated carbocycles. The molecule has 4 aromatic rings. The van der Waals surface area contributed by atoms with Gasteiger partial charge in [0.25, 0.3) is 0 Å². The monoisotopic (exact) mass is 415 g/mol. The first-order valence-electron chi connectivity index (χ1n) is 10.3. The van der Waals surface area contributed by atoms with Crippen molar-refractivity contribution in [1.29, 1.82) is 0 Å². The molecule has 0 atom stereocenters. The Morgan fingerprint density at radius 3 is 2.61 bits per heavy atom. The van der Waals surface area contributed by atoms with Gasteiger partial charge in [0.2, 0.25) is 0 Å². The van der Waals surface area contributed by atoms with E-state index in [0.717, 1.165) is 39.0 Å². The maximum absolute atomic E-state index is 11.9. The quantitative estimate of drug-likeness (QED) is 0.398. The van der Waals surface area contributed by atoms with Crippen LogP contribution in [-0.4, -0.2) is 12.6 Å². The highest BCUT2D eigenvalue weighted by Gasteiger charge is 2.13. The van der Waals surface area contributed by atoms with E-state index < -0.39 is 0 Å². The number of carbonyl (C=O) groups is 1. The number of ether oxygens (including phenoxy) is 2. The molecule has 1 aromatic heterocycles. The third-order valence-electron chi connectivity index (χ3n) is 5.09. The van der Waals surface area contributed by atoms with Crippen molar-refractivity contribution in [2.45, 2.75) is 26.5 Å². The Kier molecular flexibility index (Phi) is 6.34. The van der Waals surface area contributed by atoms with E-state index in [1.165, 1.54) is 0 Å². The summed E-state index contributed by atoms with van der Waals surface area (Å²) < 4.78 is 17.3. The topological polar surface area (TPSA) is 74.7 Å². The molecule has 5 nitrogen and oxygen atoms in total. The number of hydrogen-bond donors (Lipinski definition) is 1. The molecule has 0 spiro atoms. The highest BCUT2D eigenvalue weighted by molar-refractivity contribution is 5.86. The first-order valence-corrected chi connectivity index (χ1v) is 10.3. The molecule has 1 heterocycles. The lowest BCUT2D eigenvalue weighted by molar-refractivity contribution is -0.142. The Bertz CT molecular complexity index is 1190. The van der Waals surface area contributed by atoms with Gasteiger partial charge in [-0.15, -0.1) is 0 Å². The molecule has 0 fully saturated rings. The molecule has 0 radical (unpaired) electrons. The van der Waals surface area contributed by atoms with E-state index in [0.29, 0.717) is 25.5 Å². The average Bonchev–Trinajstić information content (AvgIpc) is 3.24. The number of carbonyl (C=O) groups excluding carboxylic acids is 1. The normalized spacial score (nSPS) is 10.9. The number of benzene rings is 3. The SMILES string of the molecule is CCOC(=O)Cc1ccccc1OCc1cccc2oc(-c3cccc(CN)c3)cc12. The second-order valence-corrected chi connectivity index (χ2v) is 7.22. The first kappa shape index (κ1) is 20.7. The lowest BCUT2D eigenvalue weighted by Gasteiger charge is -2.11. The van der Waals surface area contributed by atoms with Crippen LogP contribution in [0.15, 0.2) is 77.2 Å². The van der Waals surface area contributed by atoms with E-state index >= 15 is 0 Å². The van der Waals surface area contributed by atoms with Gasteiger partial charge < -0.3 is 19.6 Å². The summed E-state index contributed by atoms with van der Waals surface area (Å²) in [6, 6.07) is 23.5. The lowest BCUT2D eigenvalue weighted by Crippen LogP contribution is -2.09. The Morgan fingerprint density at radius 2 is 1.77 bits per heavy atom. The van der Waals surface area contributed by atoms with E-state index in [1.807, 2.05) is 72.8 Å². The molecule has 0 aliphatic heterocycles. The number of esters is 1. The van der Waals surface area contributed by atoms with E-state index in [2.05, 4.69) is 0 Å². The van der Waals surface area contributed by atoms with Crippen molar-refractivity contribution in [2.24, 2.45) is 5.73 Å². The Balaban J connectivity index is 1.57. The lowest BCUT2D eigenvalue weighted by atomic mass is 10.1. The van der Waals surface area contributed by atoms with Crippen molar-refractivity contribution in [3.8, 4) is 17.1 Å². The van der Waals surface area contributed by atoms with E-state index in [9.17, 15) is 4.79 Å². The zero-order valence-corrected chi connectivity index (χ0v) is 17.5. The molecule has 3 aromatic carbocycles. The van der Waals surface area contributed by atoms with Crippen molar-refractivity contribution in [2.75, 3.05) is 6.61 Å². The van der Waals surface area contributed by atoms with Gasteiger partial charge >= 0.3 is 5.97 Å². The number of furan rings is 1. The van der Waals surface area contributed by atoms with Gasteiger partial charge in [-0.05, 0) is 36.8 Å². The molecule has 5 heteroatoms. The van der Waals surface area contributed by atoms with Gasteiger partial charge in [0.1, 0.15) is 23.7 Å². The van der Waals surface area contributed by atoms with Gasteiger partial charge in [-0.2, -0.15) is 0 Å². The zero-order chi connectivity index (χ0) is 21.6. The zero-order valence-electron chi connectivity index (χ0n) is 17.5. The fourth-order valence-electron chi connectivity index (χ4n) is 3.55. The second-order valence-electron chi connectivity index (χ2n) is 7.22. The fraction of sp³-hybridized carbons (Fsp3) is 0.192. The molecule has 0 aliphatic carbocycles. The van der Waals surface area contributed by atoms with Crippen LogP contribution in [0.4, 0.5) is 0 Å². The minimum atomic E-state index is -0.264. The van der Waals surface area contributed by atoms with Crippen molar-refractivity contribution >= 4 is 16.9 Å². The third-order valence-corrected chi connectivity index (χ3v) is 5.09. The summed E-state index contributed by atoms with van der Waals surface area (Å²) in [7, 11) is 0. The van der Waals surface area contributed by atoms with E-state index in [4.69, 9.17) is 19.6 Å². The van der Waals surface area contributed by atoms with Gasteiger partial charge in [-0.3, -0.25) is 4.79 Å². The number of fused-ring (bicyclic) bond motifs is 1. The minimum absolute atomic E-state index is 0.182. The summed E-state index contributed by atoms with van der Waals surface area (Å²) in [6.45, 7) is 3.00. The maximum atomic E-state index is 11.9. The van der Waals surface area contributed by atoms with Crippen LogP contribution in [0.1, 0.15) is 23.6 Å². The maximum Gasteiger partial charge on any atom is 0.310 e. The van der Waals surface area contributed by atoms with Crippen molar-refractivity contribution in [1.82, 2.24) is 0 Å². The molecule has 4 rings (SSSR count). The van der Waals surface area contributed by atoms with Gasteiger partial charge in [0, 0.05) is 28.6 Å². The highest BCUT2D eigenvalue weighted by atomic mass is 16.5. The van der Waals surface area contributed by atoms with Crippen molar-refractivity contribution in [3.05, 3.63) is 89.5 Å². The summed E-state index contributed by atoms with van der Waals surface area (Å²) in [5.41, 5.74) is 10.4. The molecular weight excluding hydrogens is 390 g/mol. The smallest absolute Gasteiger partial charge is 0.310 e. The fourth-order valence-corrected chi connectivity index (χ4v) is 3.55. The number of rotatable bonds is 8. The Labute approximate surface area is 181 Å². The number of hydrogen-bond acceptors (Lipinski definition) is 5. The van der Waals surface area contributed by atoms with Crippen LogP contribution in [0.2, 0.25) is 0 Å². The molecule has 158 valence electrons.